The lowest BCUT2D eigenvalue weighted by molar-refractivity contribution is -0.135. The lowest BCUT2D eigenvalue weighted by atomic mass is 10.1. The molecule has 1 atom stereocenters. The molecule has 1 aliphatic heterocycles. The molecule has 1 aromatic rings. The molecule has 124 valence electrons. The molecule has 0 N–H and O–H groups in total. The van der Waals surface area contributed by atoms with Gasteiger partial charge in [0, 0.05) is 31.7 Å². The van der Waals surface area contributed by atoms with Gasteiger partial charge in [0.15, 0.2) is 0 Å². The van der Waals surface area contributed by atoms with Crippen molar-refractivity contribution >= 4 is 17.5 Å². The second kappa shape index (κ2) is 7.44. The van der Waals surface area contributed by atoms with Crippen LogP contribution in [0.2, 0.25) is 0 Å². The number of carbonyl (C=O) groups excluding carboxylic acids is 2. The number of hydrogen-bond acceptors (Lipinski definition) is 2. The number of hydrogen-bond donors (Lipinski definition) is 0. The van der Waals surface area contributed by atoms with Crippen LogP contribution in [0.3, 0.4) is 0 Å². The summed E-state index contributed by atoms with van der Waals surface area (Å²) in [7, 11) is 0. The van der Waals surface area contributed by atoms with Gasteiger partial charge in [-0.25, -0.2) is 0 Å². The number of anilines is 1. The van der Waals surface area contributed by atoms with E-state index in [-0.39, 0.29) is 17.7 Å². The van der Waals surface area contributed by atoms with E-state index in [1.807, 2.05) is 38.1 Å². The van der Waals surface area contributed by atoms with E-state index < -0.39 is 0 Å². The average Bonchev–Trinajstić information content (AvgIpc) is 2.93. The number of carbonyl (C=O) groups is 2. The van der Waals surface area contributed by atoms with E-state index in [9.17, 15) is 9.59 Å². The molecule has 1 aliphatic rings. The topological polar surface area (TPSA) is 40.6 Å². The molecule has 0 spiro atoms. The van der Waals surface area contributed by atoms with Gasteiger partial charge in [-0.3, -0.25) is 9.59 Å². The Hall–Kier alpha value is -2.10. The third kappa shape index (κ3) is 4.01. The second-order valence-electron chi connectivity index (χ2n) is 6.23. The molecule has 0 bridgehead atoms. The van der Waals surface area contributed by atoms with Crippen molar-refractivity contribution in [2.45, 2.75) is 33.6 Å². The molecule has 4 heteroatoms. The molecule has 1 saturated heterocycles. The van der Waals surface area contributed by atoms with E-state index >= 15 is 0 Å². The Morgan fingerprint density at radius 1 is 1.30 bits per heavy atom. The number of likely N-dealkylation sites (N-methyl/N-ethyl adjacent to an activating group) is 1. The van der Waals surface area contributed by atoms with Gasteiger partial charge >= 0.3 is 0 Å². The Balaban J connectivity index is 2.09. The van der Waals surface area contributed by atoms with Crippen LogP contribution in [0.5, 0.6) is 0 Å². The summed E-state index contributed by atoms with van der Waals surface area (Å²) in [4.78, 5) is 28.5. The summed E-state index contributed by atoms with van der Waals surface area (Å²) >= 11 is 0. The van der Waals surface area contributed by atoms with Crippen LogP contribution in [-0.2, 0) is 16.0 Å². The van der Waals surface area contributed by atoms with Gasteiger partial charge in [-0.1, -0.05) is 31.2 Å². The molecule has 4 nitrogen and oxygen atoms in total. The van der Waals surface area contributed by atoms with E-state index in [2.05, 4.69) is 13.5 Å². The summed E-state index contributed by atoms with van der Waals surface area (Å²) in [6.07, 6.45) is 1.27. The first-order valence-electron chi connectivity index (χ1n) is 8.28. The van der Waals surface area contributed by atoms with E-state index in [1.165, 1.54) is 5.56 Å². The van der Waals surface area contributed by atoms with E-state index in [4.69, 9.17) is 0 Å². The highest BCUT2D eigenvalue weighted by atomic mass is 16.2. The van der Waals surface area contributed by atoms with Gasteiger partial charge < -0.3 is 9.80 Å². The van der Waals surface area contributed by atoms with Crippen LogP contribution in [0.1, 0.15) is 32.8 Å². The van der Waals surface area contributed by atoms with Crippen LogP contribution in [0.25, 0.3) is 0 Å². The fourth-order valence-corrected chi connectivity index (χ4v) is 2.96. The quantitative estimate of drug-likeness (QED) is 0.757. The Morgan fingerprint density at radius 3 is 2.48 bits per heavy atom. The lowest BCUT2D eigenvalue weighted by Gasteiger charge is -2.24. The molecule has 0 saturated carbocycles. The fraction of sp³-hybridized carbons (Fsp3) is 0.474. The first-order valence-corrected chi connectivity index (χ1v) is 8.28. The van der Waals surface area contributed by atoms with Crippen molar-refractivity contribution in [3.63, 3.8) is 0 Å². The van der Waals surface area contributed by atoms with Gasteiger partial charge in [-0.15, -0.1) is 0 Å². The first kappa shape index (κ1) is 17.3. The lowest BCUT2D eigenvalue weighted by Crippen LogP contribution is -2.38. The number of nitrogens with zero attached hydrogens (tertiary/aromatic N) is 2. The SMILES string of the molecule is C=C(C)CN(CC)C(=O)C1CC(=O)N(c2ccc(CC)cc2)C1. The van der Waals surface area contributed by atoms with Gasteiger partial charge in [0.05, 0.1) is 5.92 Å². The van der Waals surface area contributed by atoms with E-state index in [0.29, 0.717) is 26.1 Å². The molecule has 0 radical (unpaired) electrons. The fourth-order valence-electron chi connectivity index (χ4n) is 2.96. The molecular formula is C19H26N2O2. The van der Waals surface area contributed by atoms with E-state index in [0.717, 1.165) is 17.7 Å². The third-order valence-corrected chi connectivity index (χ3v) is 4.28. The zero-order valence-electron chi connectivity index (χ0n) is 14.3. The molecule has 2 rings (SSSR count). The predicted molar refractivity (Wildman–Crippen MR) is 93.3 cm³/mol. The van der Waals surface area contributed by atoms with Gasteiger partial charge in [0.1, 0.15) is 0 Å². The first-order chi connectivity index (χ1) is 11.0. The second-order valence-corrected chi connectivity index (χ2v) is 6.23. The monoisotopic (exact) mass is 314 g/mol. The maximum Gasteiger partial charge on any atom is 0.228 e. The summed E-state index contributed by atoms with van der Waals surface area (Å²) in [5, 5.41) is 0. The van der Waals surface area contributed by atoms with Crippen LogP contribution < -0.4 is 4.90 Å². The molecule has 1 unspecified atom stereocenters. The van der Waals surface area contributed by atoms with Crippen LogP contribution in [0.4, 0.5) is 5.69 Å². The number of rotatable bonds is 6. The zero-order chi connectivity index (χ0) is 17.0. The van der Waals surface area contributed by atoms with Crippen molar-refractivity contribution in [2.75, 3.05) is 24.5 Å². The minimum atomic E-state index is -0.257. The standard InChI is InChI=1S/C19H26N2O2/c1-5-15-7-9-17(10-8-15)21-13-16(11-18(21)22)19(23)20(6-2)12-14(3)4/h7-10,16H,3,5-6,11-13H2,1-2,4H3. The summed E-state index contributed by atoms with van der Waals surface area (Å²) in [5.41, 5.74) is 3.08. The van der Waals surface area contributed by atoms with E-state index in [1.54, 1.807) is 9.80 Å². The minimum Gasteiger partial charge on any atom is -0.339 e. The summed E-state index contributed by atoms with van der Waals surface area (Å²) in [6.45, 7) is 11.5. The van der Waals surface area contributed by atoms with Crippen LogP contribution in [-0.4, -0.2) is 36.3 Å². The summed E-state index contributed by atoms with van der Waals surface area (Å²) in [6, 6.07) is 8.01. The number of amides is 2. The Morgan fingerprint density at radius 2 is 1.96 bits per heavy atom. The maximum atomic E-state index is 12.6. The molecular weight excluding hydrogens is 288 g/mol. The summed E-state index contributed by atoms with van der Waals surface area (Å²) < 4.78 is 0. The van der Waals surface area contributed by atoms with Crippen LogP contribution in [0, 0.1) is 5.92 Å². The molecule has 23 heavy (non-hydrogen) atoms. The van der Waals surface area contributed by atoms with Crippen LogP contribution in [0.15, 0.2) is 36.4 Å². The minimum absolute atomic E-state index is 0.0268. The van der Waals surface area contributed by atoms with Crippen molar-refractivity contribution in [1.29, 1.82) is 0 Å². The van der Waals surface area contributed by atoms with Gasteiger partial charge in [-0.05, 0) is 38.0 Å². The third-order valence-electron chi connectivity index (χ3n) is 4.28. The molecule has 0 aromatic heterocycles. The molecule has 1 aromatic carbocycles. The Labute approximate surface area is 138 Å². The predicted octanol–water partition coefficient (Wildman–Crippen LogP) is 3.03. The normalized spacial score (nSPS) is 17.4. The maximum absolute atomic E-state index is 12.6. The molecule has 2 amide bonds. The molecule has 1 fully saturated rings. The zero-order valence-corrected chi connectivity index (χ0v) is 14.3. The highest BCUT2D eigenvalue weighted by Gasteiger charge is 2.36. The van der Waals surface area contributed by atoms with Gasteiger partial charge in [0.25, 0.3) is 0 Å². The van der Waals surface area contributed by atoms with Gasteiger partial charge in [0.2, 0.25) is 11.8 Å². The number of benzene rings is 1. The van der Waals surface area contributed by atoms with Crippen molar-refractivity contribution in [1.82, 2.24) is 4.90 Å². The summed E-state index contributed by atoms with van der Waals surface area (Å²) in [5.74, 6) is -0.178. The highest BCUT2D eigenvalue weighted by Crippen LogP contribution is 2.26. The Kier molecular flexibility index (Phi) is 5.59. The van der Waals surface area contributed by atoms with Crippen molar-refractivity contribution < 1.29 is 9.59 Å². The van der Waals surface area contributed by atoms with Crippen molar-refractivity contribution in [2.24, 2.45) is 5.92 Å². The smallest absolute Gasteiger partial charge is 0.228 e. The van der Waals surface area contributed by atoms with Crippen molar-refractivity contribution in [3.8, 4) is 0 Å². The Bertz CT molecular complexity index is 592. The van der Waals surface area contributed by atoms with Crippen molar-refractivity contribution in [3.05, 3.63) is 42.0 Å². The van der Waals surface area contributed by atoms with Crippen LogP contribution >= 0.6 is 0 Å². The molecule has 1 heterocycles. The molecule has 0 aliphatic carbocycles. The largest absolute Gasteiger partial charge is 0.339 e. The highest BCUT2D eigenvalue weighted by molar-refractivity contribution is 6.00. The number of aryl methyl sites for hydroxylation is 1. The average molecular weight is 314 g/mol. The van der Waals surface area contributed by atoms with Gasteiger partial charge in [-0.2, -0.15) is 0 Å².